The van der Waals surface area contributed by atoms with Crippen molar-refractivity contribution < 1.29 is 0 Å². The van der Waals surface area contributed by atoms with Crippen LogP contribution >= 0.6 is 0 Å². The van der Waals surface area contributed by atoms with Crippen molar-refractivity contribution in [1.29, 1.82) is 0 Å². The maximum absolute atomic E-state index is 3.85. The fourth-order valence-electron chi connectivity index (χ4n) is 3.34. The molecule has 0 spiro atoms. The lowest BCUT2D eigenvalue weighted by Crippen LogP contribution is -2.41. The van der Waals surface area contributed by atoms with Gasteiger partial charge in [0.05, 0.1) is 0 Å². The zero-order valence-electron chi connectivity index (χ0n) is 11.2. The fourth-order valence-corrected chi connectivity index (χ4v) is 3.34. The molecule has 0 aromatic rings. The van der Waals surface area contributed by atoms with Crippen LogP contribution in [0.3, 0.4) is 0 Å². The largest absolute Gasteiger partial charge is 0.313 e. The highest BCUT2D eigenvalue weighted by Gasteiger charge is 2.32. The van der Waals surface area contributed by atoms with Crippen LogP contribution in [0, 0.1) is 11.3 Å². The minimum Gasteiger partial charge on any atom is -0.313 e. The van der Waals surface area contributed by atoms with Crippen molar-refractivity contribution in [2.45, 2.75) is 77.7 Å². The zero-order chi connectivity index (χ0) is 11.4. The number of hydrogen-bond acceptors (Lipinski definition) is 1. The molecule has 0 aromatic carbocycles. The Balaban J connectivity index is 1.69. The summed E-state index contributed by atoms with van der Waals surface area (Å²) in [6.07, 6.45) is 13.0. The Labute approximate surface area is 101 Å². The lowest BCUT2D eigenvalue weighted by Gasteiger charge is -2.39. The molecule has 0 radical (unpaired) electrons. The first-order valence-electron chi connectivity index (χ1n) is 7.45. The molecular formula is C15H29N. The average Bonchev–Trinajstić information content (AvgIpc) is 2.48. The first-order chi connectivity index (χ1) is 7.72. The van der Waals surface area contributed by atoms with Gasteiger partial charge in [-0.3, -0.25) is 0 Å². The summed E-state index contributed by atoms with van der Waals surface area (Å²) in [6.45, 7) is 6.08. The van der Waals surface area contributed by atoms with Gasteiger partial charge < -0.3 is 5.32 Å². The molecule has 0 aliphatic heterocycles. The van der Waals surface area contributed by atoms with Gasteiger partial charge in [0.2, 0.25) is 0 Å². The van der Waals surface area contributed by atoms with Gasteiger partial charge in [-0.25, -0.2) is 0 Å². The molecule has 2 rings (SSSR count). The summed E-state index contributed by atoms with van der Waals surface area (Å²) in [5.41, 5.74) is 0.649. The number of rotatable bonds is 4. The summed E-state index contributed by atoms with van der Waals surface area (Å²) < 4.78 is 0. The molecule has 2 fully saturated rings. The van der Waals surface area contributed by atoms with Crippen LogP contribution in [0.5, 0.6) is 0 Å². The van der Waals surface area contributed by atoms with E-state index in [2.05, 4.69) is 19.2 Å². The van der Waals surface area contributed by atoms with E-state index in [0.717, 1.165) is 12.0 Å². The van der Waals surface area contributed by atoms with Gasteiger partial charge in [0, 0.05) is 12.6 Å². The highest BCUT2D eigenvalue weighted by Crippen LogP contribution is 2.39. The second-order valence-corrected chi connectivity index (χ2v) is 6.52. The van der Waals surface area contributed by atoms with Crippen LogP contribution in [0.25, 0.3) is 0 Å². The third-order valence-electron chi connectivity index (χ3n) is 5.04. The van der Waals surface area contributed by atoms with Crippen LogP contribution in [-0.2, 0) is 0 Å². The minimum absolute atomic E-state index is 0.649. The Morgan fingerprint density at radius 3 is 2.50 bits per heavy atom. The van der Waals surface area contributed by atoms with Gasteiger partial charge in [0.15, 0.2) is 0 Å². The first kappa shape index (κ1) is 12.4. The summed E-state index contributed by atoms with van der Waals surface area (Å²) in [5.74, 6) is 1.02. The third kappa shape index (κ3) is 3.23. The molecule has 2 saturated carbocycles. The molecule has 0 saturated heterocycles. The van der Waals surface area contributed by atoms with Gasteiger partial charge in [0.1, 0.15) is 0 Å². The summed E-state index contributed by atoms with van der Waals surface area (Å²) in [6, 6.07) is 0.828. The molecule has 0 bridgehead atoms. The lowest BCUT2D eigenvalue weighted by atomic mass is 9.70. The van der Waals surface area contributed by atoms with Crippen molar-refractivity contribution in [2.75, 3.05) is 6.54 Å². The molecule has 2 aliphatic rings. The first-order valence-corrected chi connectivity index (χ1v) is 7.45. The van der Waals surface area contributed by atoms with Crippen LogP contribution in [0.4, 0.5) is 0 Å². The zero-order valence-corrected chi connectivity index (χ0v) is 11.2. The third-order valence-corrected chi connectivity index (χ3v) is 5.04. The van der Waals surface area contributed by atoms with Gasteiger partial charge in [-0.2, -0.15) is 0 Å². The van der Waals surface area contributed by atoms with E-state index in [0.29, 0.717) is 5.41 Å². The van der Waals surface area contributed by atoms with Crippen LogP contribution in [-0.4, -0.2) is 12.6 Å². The van der Waals surface area contributed by atoms with Crippen molar-refractivity contribution in [2.24, 2.45) is 11.3 Å². The second kappa shape index (κ2) is 5.53. The average molecular weight is 223 g/mol. The monoisotopic (exact) mass is 223 g/mol. The van der Waals surface area contributed by atoms with Gasteiger partial charge in [0.25, 0.3) is 0 Å². The van der Waals surface area contributed by atoms with Crippen molar-refractivity contribution in [1.82, 2.24) is 5.32 Å². The van der Waals surface area contributed by atoms with Gasteiger partial charge in [-0.15, -0.1) is 0 Å². The molecule has 16 heavy (non-hydrogen) atoms. The minimum atomic E-state index is 0.649. The van der Waals surface area contributed by atoms with Crippen LogP contribution in [0.2, 0.25) is 0 Å². The van der Waals surface area contributed by atoms with Crippen molar-refractivity contribution in [3.8, 4) is 0 Å². The van der Waals surface area contributed by atoms with Crippen molar-refractivity contribution in [3.05, 3.63) is 0 Å². The highest BCUT2D eigenvalue weighted by atomic mass is 14.9. The Kier molecular flexibility index (Phi) is 4.29. The number of nitrogens with one attached hydrogen (secondary N) is 1. The quantitative estimate of drug-likeness (QED) is 0.707. The molecule has 2 aliphatic carbocycles. The Hall–Kier alpha value is -0.0400. The van der Waals surface area contributed by atoms with Crippen molar-refractivity contribution in [3.63, 3.8) is 0 Å². The Morgan fingerprint density at radius 1 is 1.06 bits per heavy atom. The Bertz CT molecular complexity index is 207. The van der Waals surface area contributed by atoms with E-state index in [-0.39, 0.29) is 0 Å². The summed E-state index contributed by atoms with van der Waals surface area (Å²) in [7, 11) is 0. The van der Waals surface area contributed by atoms with Crippen LogP contribution in [0.1, 0.15) is 71.6 Å². The fraction of sp³-hybridized carbons (Fsp3) is 1.00. The molecule has 1 heteroatoms. The van der Waals surface area contributed by atoms with E-state index >= 15 is 0 Å². The molecule has 0 aromatic heterocycles. The van der Waals surface area contributed by atoms with E-state index in [9.17, 15) is 0 Å². The van der Waals surface area contributed by atoms with Gasteiger partial charge in [-0.05, 0) is 43.4 Å². The number of hydrogen-bond donors (Lipinski definition) is 1. The molecule has 1 N–H and O–H groups in total. The molecule has 0 amide bonds. The smallest absolute Gasteiger partial charge is 0.00673 e. The molecule has 2 atom stereocenters. The van der Waals surface area contributed by atoms with Crippen LogP contribution in [0.15, 0.2) is 0 Å². The van der Waals surface area contributed by atoms with E-state index < -0.39 is 0 Å². The second-order valence-electron chi connectivity index (χ2n) is 6.52. The molecule has 0 heterocycles. The maximum Gasteiger partial charge on any atom is 0.00673 e. The molecular weight excluding hydrogens is 194 g/mol. The topological polar surface area (TPSA) is 12.0 Å². The Morgan fingerprint density at radius 2 is 1.88 bits per heavy atom. The van der Waals surface area contributed by atoms with Crippen molar-refractivity contribution >= 4 is 0 Å². The van der Waals surface area contributed by atoms with E-state index in [1.54, 1.807) is 0 Å². The van der Waals surface area contributed by atoms with E-state index in [1.165, 1.54) is 64.3 Å². The predicted molar refractivity (Wildman–Crippen MR) is 70.6 cm³/mol. The van der Waals surface area contributed by atoms with Gasteiger partial charge >= 0.3 is 0 Å². The summed E-state index contributed by atoms with van der Waals surface area (Å²) >= 11 is 0. The standard InChI is InChI=1S/C15H29N/c1-3-13-6-4-7-14(9-8-13)16-12-15(2)10-5-11-15/h13-14,16H,3-12H2,1-2H3. The van der Waals surface area contributed by atoms with E-state index in [4.69, 9.17) is 0 Å². The molecule has 2 unspecified atom stereocenters. The van der Waals surface area contributed by atoms with E-state index in [1.807, 2.05) is 0 Å². The molecule has 94 valence electrons. The SMILES string of the molecule is CCC1CCCC(NCC2(C)CCC2)CC1. The normalized spacial score (nSPS) is 34.1. The van der Waals surface area contributed by atoms with Gasteiger partial charge in [-0.1, -0.05) is 39.5 Å². The summed E-state index contributed by atoms with van der Waals surface area (Å²) in [5, 5.41) is 3.85. The molecule has 1 nitrogen and oxygen atoms in total. The summed E-state index contributed by atoms with van der Waals surface area (Å²) in [4.78, 5) is 0. The van der Waals surface area contributed by atoms with Crippen LogP contribution < -0.4 is 5.32 Å². The maximum atomic E-state index is 3.85. The lowest BCUT2D eigenvalue weighted by molar-refractivity contribution is 0.149. The highest BCUT2D eigenvalue weighted by molar-refractivity contribution is 4.87. The predicted octanol–water partition coefficient (Wildman–Crippen LogP) is 4.13.